The summed E-state index contributed by atoms with van der Waals surface area (Å²) in [6.45, 7) is 1.56. The van der Waals surface area contributed by atoms with E-state index in [-0.39, 0.29) is 17.5 Å². The fourth-order valence-corrected chi connectivity index (χ4v) is 1.89. The molecule has 1 aromatic rings. The molecule has 7 nitrogen and oxygen atoms in total. The lowest BCUT2D eigenvalue weighted by Gasteiger charge is -2.16. The Morgan fingerprint density at radius 1 is 1.26 bits per heavy atom. The third-order valence-corrected chi connectivity index (χ3v) is 3.41. The Morgan fingerprint density at radius 3 is 2.57 bits per heavy atom. The van der Waals surface area contributed by atoms with E-state index in [0.717, 1.165) is 12.8 Å². The summed E-state index contributed by atoms with van der Waals surface area (Å²) in [6, 6.07) is 2.74. The molecule has 1 unspecified atom stereocenters. The van der Waals surface area contributed by atoms with Crippen LogP contribution >= 0.6 is 0 Å². The summed E-state index contributed by atoms with van der Waals surface area (Å²) in [6.07, 6.45) is 1.64. The van der Waals surface area contributed by atoms with Gasteiger partial charge in [-0.3, -0.25) is 14.9 Å². The van der Waals surface area contributed by atoms with Crippen molar-refractivity contribution in [3.05, 3.63) is 24.0 Å². The second-order valence-electron chi connectivity index (χ2n) is 5.39. The van der Waals surface area contributed by atoms with Gasteiger partial charge in [-0.2, -0.15) is 0 Å². The molecule has 1 saturated carbocycles. The van der Waals surface area contributed by atoms with Crippen LogP contribution in [0.4, 0.5) is 20.6 Å². The maximum Gasteiger partial charge on any atom is 0.321 e. The highest BCUT2D eigenvalue weighted by molar-refractivity contribution is 5.98. The van der Waals surface area contributed by atoms with Crippen LogP contribution in [0.3, 0.4) is 0 Å². The summed E-state index contributed by atoms with van der Waals surface area (Å²) in [5, 5.41) is 9.79. The molecule has 1 atom stereocenters. The van der Waals surface area contributed by atoms with E-state index in [1.54, 1.807) is 6.92 Å². The fourth-order valence-electron chi connectivity index (χ4n) is 1.89. The third-order valence-electron chi connectivity index (χ3n) is 3.41. The second-order valence-corrected chi connectivity index (χ2v) is 5.39. The van der Waals surface area contributed by atoms with Gasteiger partial charge in [0, 0.05) is 18.7 Å². The van der Waals surface area contributed by atoms with E-state index in [1.807, 2.05) is 0 Å². The van der Waals surface area contributed by atoms with E-state index in [9.17, 15) is 18.8 Å². The van der Waals surface area contributed by atoms with Gasteiger partial charge >= 0.3 is 6.03 Å². The van der Waals surface area contributed by atoms with Gasteiger partial charge < -0.3 is 16.0 Å². The van der Waals surface area contributed by atoms with Crippen LogP contribution in [0.25, 0.3) is 0 Å². The van der Waals surface area contributed by atoms with Gasteiger partial charge in [-0.25, -0.2) is 9.18 Å². The van der Waals surface area contributed by atoms with Crippen molar-refractivity contribution in [2.45, 2.75) is 25.8 Å². The van der Waals surface area contributed by atoms with Gasteiger partial charge in [-0.1, -0.05) is 0 Å². The van der Waals surface area contributed by atoms with Gasteiger partial charge in [0.2, 0.25) is 11.8 Å². The van der Waals surface area contributed by atoms with Crippen LogP contribution < -0.4 is 21.3 Å². The molecular weight excluding hydrogens is 303 g/mol. The number of nitrogens with one attached hydrogen (secondary N) is 4. The maximum atomic E-state index is 13.8. The van der Waals surface area contributed by atoms with Gasteiger partial charge in [0.05, 0.1) is 5.69 Å². The predicted molar refractivity (Wildman–Crippen MR) is 83.4 cm³/mol. The van der Waals surface area contributed by atoms with E-state index >= 15 is 0 Å². The lowest BCUT2D eigenvalue weighted by Crippen LogP contribution is -2.44. The van der Waals surface area contributed by atoms with Crippen molar-refractivity contribution >= 4 is 29.2 Å². The fraction of sp³-hybridized carbons (Fsp3) is 0.400. The number of carbonyl (C=O) groups excluding carboxylic acids is 3. The van der Waals surface area contributed by atoms with Gasteiger partial charge in [-0.05, 0) is 38.0 Å². The first-order valence-electron chi connectivity index (χ1n) is 7.30. The number of anilines is 2. The highest BCUT2D eigenvalue weighted by Crippen LogP contribution is 2.31. The molecule has 1 fully saturated rings. The molecule has 0 bridgehead atoms. The van der Waals surface area contributed by atoms with Crippen molar-refractivity contribution in [3.8, 4) is 0 Å². The Balaban J connectivity index is 2.00. The van der Waals surface area contributed by atoms with Gasteiger partial charge in [0.15, 0.2) is 0 Å². The molecule has 1 aromatic carbocycles. The molecule has 23 heavy (non-hydrogen) atoms. The first-order valence-corrected chi connectivity index (χ1v) is 7.30. The van der Waals surface area contributed by atoms with Crippen molar-refractivity contribution < 1.29 is 18.8 Å². The first-order chi connectivity index (χ1) is 10.9. The molecule has 4 N–H and O–H groups in total. The van der Waals surface area contributed by atoms with Crippen molar-refractivity contribution in [1.82, 2.24) is 10.6 Å². The topological polar surface area (TPSA) is 99.3 Å². The van der Waals surface area contributed by atoms with Crippen molar-refractivity contribution in [2.24, 2.45) is 5.92 Å². The molecule has 0 aromatic heterocycles. The van der Waals surface area contributed by atoms with Gasteiger partial charge in [-0.15, -0.1) is 0 Å². The molecule has 0 saturated heterocycles. The number of imide groups is 1. The van der Waals surface area contributed by atoms with Crippen molar-refractivity contribution in [1.29, 1.82) is 0 Å². The molecule has 0 spiro atoms. The molecule has 1 aliphatic rings. The number of hydrogen-bond donors (Lipinski definition) is 4. The average Bonchev–Trinajstić information content (AvgIpc) is 3.35. The third kappa shape index (κ3) is 4.67. The smallest absolute Gasteiger partial charge is 0.321 e. The Hall–Kier alpha value is -2.64. The van der Waals surface area contributed by atoms with Gasteiger partial charge in [0.25, 0.3) is 0 Å². The van der Waals surface area contributed by atoms with Crippen molar-refractivity contribution in [2.75, 3.05) is 17.7 Å². The second kappa shape index (κ2) is 7.08. The number of urea groups is 1. The standard InChI is InChI=1S/C15H19FN4O3/c1-8(13(21)20-15(23)17-2)18-10-5-6-11(16)12(7-10)19-14(22)9-3-4-9/h5-9,18H,3-4H2,1-2H3,(H,19,22)(H2,17,20,21,23). The minimum absolute atomic E-state index is 0.0386. The van der Waals surface area contributed by atoms with Crippen LogP contribution in [0.2, 0.25) is 0 Å². The number of rotatable bonds is 5. The Labute approximate surface area is 133 Å². The minimum Gasteiger partial charge on any atom is -0.374 e. The Morgan fingerprint density at radius 2 is 1.96 bits per heavy atom. The summed E-state index contributed by atoms with van der Waals surface area (Å²) in [4.78, 5) is 34.6. The van der Waals surface area contributed by atoms with Crippen LogP contribution in [0.15, 0.2) is 18.2 Å². The van der Waals surface area contributed by atoms with E-state index in [2.05, 4.69) is 21.3 Å². The molecule has 0 heterocycles. The quantitative estimate of drug-likeness (QED) is 0.659. The Kier molecular flexibility index (Phi) is 5.15. The monoisotopic (exact) mass is 322 g/mol. The maximum absolute atomic E-state index is 13.8. The summed E-state index contributed by atoms with van der Waals surface area (Å²) >= 11 is 0. The zero-order valence-electron chi connectivity index (χ0n) is 12.9. The van der Waals surface area contributed by atoms with Crippen LogP contribution in [0.1, 0.15) is 19.8 Å². The van der Waals surface area contributed by atoms with Gasteiger partial charge in [0.1, 0.15) is 11.9 Å². The average molecular weight is 322 g/mol. The molecule has 0 aliphatic heterocycles. The van der Waals surface area contributed by atoms with E-state index in [4.69, 9.17) is 0 Å². The summed E-state index contributed by atoms with van der Waals surface area (Å²) in [5.74, 6) is -1.32. The summed E-state index contributed by atoms with van der Waals surface area (Å²) in [5.41, 5.74) is 0.517. The van der Waals surface area contributed by atoms with Crippen molar-refractivity contribution in [3.63, 3.8) is 0 Å². The summed E-state index contributed by atoms with van der Waals surface area (Å²) < 4.78 is 13.8. The molecule has 1 aliphatic carbocycles. The van der Waals surface area contributed by atoms with E-state index < -0.39 is 23.8 Å². The lowest BCUT2D eigenvalue weighted by atomic mass is 10.2. The normalized spacial score (nSPS) is 14.6. The highest BCUT2D eigenvalue weighted by Gasteiger charge is 2.30. The lowest BCUT2D eigenvalue weighted by molar-refractivity contribution is -0.120. The largest absolute Gasteiger partial charge is 0.374 e. The number of halogens is 1. The van der Waals surface area contributed by atoms with Crippen LogP contribution in [-0.4, -0.2) is 30.9 Å². The number of benzene rings is 1. The number of hydrogen-bond acceptors (Lipinski definition) is 4. The zero-order valence-corrected chi connectivity index (χ0v) is 12.9. The summed E-state index contributed by atoms with van der Waals surface area (Å²) in [7, 11) is 1.40. The SMILES string of the molecule is CNC(=O)NC(=O)C(C)Nc1ccc(F)c(NC(=O)C2CC2)c1. The molecular formula is C15H19FN4O3. The molecule has 8 heteroatoms. The molecule has 2 rings (SSSR count). The number of carbonyl (C=O) groups is 3. The van der Waals surface area contributed by atoms with E-state index in [0.29, 0.717) is 5.69 Å². The highest BCUT2D eigenvalue weighted by atomic mass is 19.1. The zero-order chi connectivity index (χ0) is 17.0. The molecule has 4 amide bonds. The molecule has 0 radical (unpaired) electrons. The molecule has 124 valence electrons. The minimum atomic E-state index is -0.718. The van der Waals surface area contributed by atoms with Crippen LogP contribution in [0.5, 0.6) is 0 Å². The Bertz CT molecular complexity index is 631. The van der Waals surface area contributed by atoms with E-state index in [1.165, 1.54) is 25.2 Å². The van der Waals surface area contributed by atoms with Crippen LogP contribution in [0, 0.1) is 11.7 Å². The van der Waals surface area contributed by atoms with Crippen LogP contribution in [-0.2, 0) is 9.59 Å². The predicted octanol–water partition coefficient (Wildman–Crippen LogP) is 1.43. The number of amides is 4. The first kappa shape index (κ1) is 16.7.